The van der Waals surface area contributed by atoms with Crippen molar-refractivity contribution in [3.63, 3.8) is 0 Å². The summed E-state index contributed by atoms with van der Waals surface area (Å²) in [5, 5.41) is 3.76. The Morgan fingerprint density at radius 1 is 0.731 bits per heavy atom. The van der Waals surface area contributed by atoms with Gasteiger partial charge in [-0.15, -0.1) is 0 Å². The molecule has 1 aliphatic rings. The van der Waals surface area contributed by atoms with Crippen molar-refractivity contribution in [1.29, 1.82) is 0 Å². The van der Waals surface area contributed by atoms with Crippen molar-refractivity contribution < 1.29 is 4.79 Å². The third-order valence-electron chi connectivity index (χ3n) is 4.74. The molecule has 0 aliphatic carbocycles. The molecule has 3 aromatic carbocycles. The summed E-state index contributed by atoms with van der Waals surface area (Å²) in [6, 6.07) is 27.7. The Kier molecular flexibility index (Phi) is 4.59. The van der Waals surface area contributed by atoms with E-state index in [1.807, 2.05) is 72.8 Å². The molecule has 2 nitrogen and oxygen atoms in total. The van der Waals surface area contributed by atoms with E-state index in [0.717, 1.165) is 22.4 Å². The Morgan fingerprint density at radius 2 is 1.31 bits per heavy atom. The number of rotatable bonds is 3. The van der Waals surface area contributed by atoms with Crippen LogP contribution >= 0.6 is 11.6 Å². The van der Waals surface area contributed by atoms with Gasteiger partial charge < -0.3 is 5.32 Å². The van der Waals surface area contributed by atoms with Crippen molar-refractivity contribution in [3.8, 4) is 0 Å². The van der Waals surface area contributed by atoms with Gasteiger partial charge in [-0.1, -0.05) is 90.5 Å². The smallest absolute Gasteiger partial charge is 0.232 e. The molecule has 128 valence electrons. The van der Waals surface area contributed by atoms with Crippen LogP contribution in [0.2, 0.25) is 5.02 Å². The molecule has 3 aromatic rings. The lowest BCUT2D eigenvalue weighted by molar-refractivity contribution is -0.122. The van der Waals surface area contributed by atoms with Crippen LogP contribution in [0.5, 0.6) is 0 Å². The minimum Gasteiger partial charge on any atom is -0.325 e. The fourth-order valence-electron chi connectivity index (χ4n) is 3.47. The largest absolute Gasteiger partial charge is 0.325 e. The lowest BCUT2D eigenvalue weighted by atomic mass is 9.78. The Morgan fingerprint density at radius 3 is 1.92 bits per heavy atom. The summed E-state index contributed by atoms with van der Waals surface area (Å²) < 4.78 is 0. The van der Waals surface area contributed by atoms with E-state index < -0.39 is 0 Å². The normalized spacial score (nSPS) is 19.6. The summed E-state index contributed by atoms with van der Waals surface area (Å²) >= 11 is 6.00. The quantitative estimate of drug-likeness (QED) is 0.668. The summed E-state index contributed by atoms with van der Waals surface area (Å²) in [6.07, 6.45) is 2.15. The van der Waals surface area contributed by atoms with Crippen LogP contribution in [0.1, 0.15) is 28.5 Å². The maximum atomic E-state index is 13.1. The standard InChI is InChI=1S/C23H18ClNO/c24-19-13-11-17(12-14-19)21-15-20(16-7-3-1-4-8-16)22(23(26)25-21)18-9-5-2-6-10-18/h1-15,20,22H,(H,25,26). The Labute approximate surface area is 158 Å². The molecule has 4 rings (SSSR count). The molecule has 0 radical (unpaired) electrons. The number of allylic oxidation sites excluding steroid dienone is 1. The van der Waals surface area contributed by atoms with Gasteiger partial charge in [0.05, 0.1) is 5.92 Å². The van der Waals surface area contributed by atoms with Crippen LogP contribution < -0.4 is 5.32 Å². The summed E-state index contributed by atoms with van der Waals surface area (Å²) in [7, 11) is 0. The molecule has 0 aromatic heterocycles. The Hall–Kier alpha value is -2.84. The molecular formula is C23H18ClNO. The average molecular weight is 360 g/mol. The number of carbonyl (C=O) groups is 1. The first-order valence-corrected chi connectivity index (χ1v) is 8.99. The van der Waals surface area contributed by atoms with Crippen LogP contribution in [-0.2, 0) is 4.79 Å². The maximum absolute atomic E-state index is 13.1. The van der Waals surface area contributed by atoms with Crippen LogP contribution in [-0.4, -0.2) is 5.91 Å². The van der Waals surface area contributed by atoms with Gasteiger partial charge in [-0.05, 0) is 28.8 Å². The lowest BCUT2D eigenvalue weighted by Gasteiger charge is -2.31. The van der Waals surface area contributed by atoms with Gasteiger partial charge >= 0.3 is 0 Å². The van der Waals surface area contributed by atoms with Gasteiger partial charge in [0.2, 0.25) is 5.91 Å². The molecule has 0 fully saturated rings. The zero-order chi connectivity index (χ0) is 17.9. The van der Waals surface area contributed by atoms with Gasteiger partial charge in [0.1, 0.15) is 0 Å². The number of hydrogen-bond acceptors (Lipinski definition) is 1. The predicted octanol–water partition coefficient (Wildman–Crippen LogP) is 5.38. The van der Waals surface area contributed by atoms with Crippen LogP contribution in [0.4, 0.5) is 0 Å². The molecule has 0 saturated carbocycles. The van der Waals surface area contributed by atoms with E-state index in [2.05, 4.69) is 23.5 Å². The van der Waals surface area contributed by atoms with E-state index in [-0.39, 0.29) is 17.7 Å². The highest BCUT2D eigenvalue weighted by molar-refractivity contribution is 6.30. The molecule has 26 heavy (non-hydrogen) atoms. The first-order chi connectivity index (χ1) is 12.7. The van der Waals surface area contributed by atoms with Crippen molar-refractivity contribution in [2.75, 3.05) is 0 Å². The minimum atomic E-state index is -0.255. The topological polar surface area (TPSA) is 29.1 Å². The van der Waals surface area contributed by atoms with Gasteiger partial charge in [-0.2, -0.15) is 0 Å². The zero-order valence-electron chi connectivity index (χ0n) is 14.1. The first-order valence-electron chi connectivity index (χ1n) is 8.61. The van der Waals surface area contributed by atoms with Crippen molar-refractivity contribution in [1.82, 2.24) is 5.32 Å². The van der Waals surface area contributed by atoms with Crippen LogP contribution in [0.15, 0.2) is 91.0 Å². The minimum absolute atomic E-state index is 0.0116. The van der Waals surface area contributed by atoms with Crippen molar-refractivity contribution >= 4 is 23.2 Å². The molecule has 3 heteroatoms. The van der Waals surface area contributed by atoms with Crippen LogP contribution in [0, 0.1) is 0 Å². The maximum Gasteiger partial charge on any atom is 0.232 e. The molecule has 2 atom stereocenters. The molecule has 1 aliphatic heterocycles. The van der Waals surface area contributed by atoms with Crippen molar-refractivity contribution in [3.05, 3.63) is 113 Å². The van der Waals surface area contributed by atoms with Crippen LogP contribution in [0.3, 0.4) is 0 Å². The molecule has 0 saturated heterocycles. The number of amides is 1. The highest BCUT2D eigenvalue weighted by Gasteiger charge is 2.34. The van der Waals surface area contributed by atoms with Gasteiger partial charge in [0, 0.05) is 16.6 Å². The first kappa shape index (κ1) is 16.6. The van der Waals surface area contributed by atoms with E-state index in [0.29, 0.717) is 5.02 Å². The van der Waals surface area contributed by atoms with E-state index in [1.54, 1.807) is 0 Å². The van der Waals surface area contributed by atoms with Crippen LogP contribution in [0.25, 0.3) is 5.70 Å². The fourth-order valence-corrected chi connectivity index (χ4v) is 3.60. The molecule has 1 heterocycles. The predicted molar refractivity (Wildman–Crippen MR) is 106 cm³/mol. The second-order valence-electron chi connectivity index (χ2n) is 6.40. The second-order valence-corrected chi connectivity index (χ2v) is 6.84. The zero-order valence-corrected chi connectivity index (χ0v) is 14.9. The van der Waals surface area contributed by atoms with E-state index in [9.17, 15) is 4.79 Å². The van der Waals surface area contributed by atoms with E-state index in [4.69, 9.17) is 11.6 Å². The lowest BCUT2D eigenvalue weighted by Crippen LogP contribution is -2.35. The molecule has 0 bridgehead atoms. The summed E-state index contributed by atoms with van der Waals surface area (Å²) in [5.41, 5.74) is 3.93. The van der Waals surface area contributed by atoms with Gasteiger partial charge in [0.25, 0.3) is 0 Å². The van der Waals surface area contributed by atoms with E-state index >= 15 is 0 Å². The number of carbonyl (C=O) groups excluding carboxylic acids is 1. The summed E-state index contributed by atoms with van der Waals surface area (Å²) in [6.45, 7) is 0. The van der Waals surface area contributed by atoms with Crippen molar-refractivity contribution in [2.45, 2.75) is 11.8 Å². The molecule has 0 spiro atoms. The fraction of sp³-hybridized carbons (Fsp3) is 0.0870. The number of halogens is 1. The third kappa shape index (κ3) is 3.29. The SMILES string of the molecule is O=C1NC(c2ccc(Cl)cc2)=CC(c2ccccc2)C1c1ccccc1. The third-order valence-corrected chi connectivity index (χ3v) is 5.00. The van der Waals surface area contributed by atoms with Gasteiger partial charge in [-0.25, -0.2) is 0 Å². The van der Waals surface area contributed by atoms with Gasteiger partial charge in [0.15, 0.2) is 0 Å². The molecular weight excluding hydrogens is 342 g/mol. The average Bonchev–Trinajstić information content (AvgIpc) is 2.69. The molecule has 1 N–H and O–H groups in total. The number of benzene rings is 3. The highest BCUT2D eigenvalue weighted by atomic mass is 35.5. The molecule has 1 amide bonds. The number of hydrogen-bond donors (Lipinski definition) is 1. The Bertz CT molecular complexity index is 933. The Balaban J connectivity index is 1.81. The monoisotopic (exact) mass is 359 g/mol. The molecule has 2 unspecified atom stereocenters. The summed E-state index contributed by atoms with van der Waals surface area (Å²) in [5.74, 6) is -0.273. The summed E-state index contributed by atoms with van der Waals surface area (Å²) in [4.78, 5) is 13.1. The van der Waals surface area contributed by atoms with Gasteiger partial charge in [-0.3, -0.25) is 4.79 Å². The van der Waals surface area contributed by atoms with E-state index in [1.165, 1.54) is 0 Å². The second kappa shape index (κ2) is 7.19. The highest BCUT2D eigenvalue weighted by Crippen LogP contribution is 2.39. The van der Waals surface area contributed by atoms with Crippen molar-refractivity contribution in [2.24, 2.45) is 0 Å². The number of nitrogens with one attached hydrogen (secondary N) is 1.